The highest BCUT2D eigenvalue weighted by molar-refractivity contribution is 6.30. The lowest BCUT2D eigenvalue weighted by atomic mass is 9.84. The quantitative estimate of drug-likeness (QED) is 0.142. The van der Waals surface area contributed by atoms with Crippen LogP contribution in [0.25, 0.3) is 76.2 Å². The van der Waals surface area contributed by atoms with E-state index in [1.165, 1.54) is 65.7 Å². The number of rotatable bonds is 8. The Hall–Kier alpha value is -7.56. The minimum Gasteiger partial charge on any atom is -0.454 e. The van der Waals surface area contributed by atoms with Crippen molar-refractivity contribution in [2.24, 2.45) is 0 Å². The Kier molecular flexibility index (Phi) is 9.54. The monoisotopic (exact) mass is 884 g/mol. The van der Waals surface area contributed by atoms with Crippen LogP contribution >= 0.6 is 0 Å². The third-order valence-corrected chi connectivity index (χ3v) is 14.5. The Labute approximate surface area is 398 Å². The molecule has 68 heavy (non-hydrogen) atoms. The van der Waals surface area contributed by atoms with Crippen LogP contribution in [-0.4, -0.2) is 0 Å². The van der Waals surface area contributed by atoms with Gasteiger partial charge in [-0.3, -0.25) is 0 Å². The van der Waals surface area contributed by atoms with E-state index in [9.17, 15) is 0 Å². The van der Waals surface area contributed by atoms with Crippen molar-refractivity contribution < 1.29 is 8.83 Å². The molecule has 0 saturated heterocycles. The maximum atomic E-state index is 6.94. The number of hydrogen-bond donors (Lipinski definition) is 0. The van der Waals surface area contributed by atoms with E-state index >= 15 is 0 Å². The van der Waals surface area contributed by atoms with Gasteiger partial charge in [0.2, 0.25) is 0 Å². The molecule has 4 heteroatoms. The summed E-state index contributed by atoms with van der Waals surface area (Å²) in [6.07, 6.45) is 0. The second-order valence-corrected chi connectivity index (χ2v) is 20.1. The second kappa shape index (κ2) is 15.5. The Morgan fingerprint density at radius 1 is 0.353 bits per heavy atom. The van der Waals surface area contributed by atoms with Crippen molar-refractivity contribution in [1.29, 1.82) is 0 Å². The van der Waals surface area contributed by atoms with E-state index in [4.69, 9.17) is 8.83 Å². The van der Waals surface area contributed by atoms with Crippen LogP contribution < -0.4 is 9.80 Å². The number of para-hydroxylation sites is 2. The molecular weight excluding hydrogens is 829 g/mol. The zero-order valence-electron chi connectivity index (χ0n) is 40.7. The number of nitrogens with zero attached hydrogens (tertiary/aromatic N) is 2. The lowest BCUT2D eigenvalue weighted by molar-refractivity contribution is 0.668. The zero-order chi connectivity index (χ0) is 46.9. The number of fused-ring (bicyclic) bond motifs is 6. The van der Waals surface area contributed by atoms with Gasteiger partial charge in [-0.2, -0.15) is 0 Å². The molecular formula is C64H56N2O2. The maximum absolute atomic E-state index is 6.94. The van der Waals surface area contributed by atoms with Crippen molar-refractivity contribution in [2.75, 3.05) is 9.80 Å². The van der Waals surface area contributed by atoms with Gasteiger partial charge in [-0.05, 0) is 168 Å². The van der Waals surface area contributed by atoms with E-state index in [1.807, 2.05) is 0 Å². The highest BCUT2D eigenvalue weighted by Crippen LogP contribution is 2.54. The second-order valence-electron chi connectivity index (χ2n) is 20.1. The molecule has 0 radical (unpaired) electrons. The van der Waals surface area contributed by atoms with E-state index in [2.05, 4.69) is 225 Å². The van der Waals surface area contributed by atoms with Gasteiger partial charge < -0.3 is 18.6 Å². The van der Waals surface area contributed by atoms with Crippen LogP contribution in [0.5, 0.6) is 0 Å². The molecule has 0 unspecified atom stereocenters. The van der Waals surface area contributed by atoms with Gasteiger partial charge in [-0.1, -0.05) is 125 Å². The number of aryl methyl sites for hydroxylation is 6. The van der Waals surface area contributed by atoms with Crippen LogP contribution in [0, 0.1) is 41.5 Å². The number of furan rings is 2. The van der Waals surface area contributed by atoms with Gasteiger partial charge >= 0.3 is 0 Å². The fraction of sp³-hybridized carbons (Fsp3) is 0.188. The molecule has 0 bridgehead atoms. The molecule has 0 saturated carbocycles. The standard InChI is InChI=1S/C64H56N2O2/c1-35(2)53-33-55(65(43-29-37(5)27-38(6)30-43)61-41(9)19-21-49-45-15-11-13-17-57(45)67-63(49)61)51-26-24-48-54(36(3)4)34-56(52-25-23-47(53)59(51)60(48)52)66(44-31-39(7)28-40(8)32-44)62-42(10)20-22-50-46-16-12-14-18-58(46)68-64(50)62/h11-36H,1-10H3. The van der Waals surface area contributed by atoms with Crippen molar-refractivity contribution in [3.63, 3.8) is 0 Å². The molecule has 0 fully saturated rings. The summed E-state index contributed by atoms with van der Waals surface area (Å²) < 4.78 is 13.9. The van der Waals surface area contributed by atoms with Crippen molar-refractivity contribution in [3.8, 4) is 0 Å². The lowest BCUT2D eigenvalue weighted by Crippen LogP contribution is -2.15. The molecule has 0 N–H and O–H groups in total. The molecule has 0 aliphatic carbocycles. The largest absolute Gasteiger partial charge is 0.454 e. The molecule has 0 spiro atoms. The summed E-state index contributed by atoms with van der Waals surface area (Å²) in [6.45, 7) is 22.6. The van der Waals surface area contributed by atoms with Crippen molar-refractivity contribution >= 4 is 110 Å². The minimum atomic E-state index is 0.242. The van der Waals surface area contributed by atoms with Gasteiger partial charge in [0.05, 0.1) is 22.7 Å². The minimum absolute atomic E-state index is 0.242. The summed E-state index contributed by atoms with van der Waals surface area (Å²) in [7, 11) is 0. The van der Waals surface area contributed by atoms with Crippen LogP contribution in [0.1, 0.15) is 84.0 Å². The average molecular weight is 885 g/mol. The average Bonchev–Trinajstić information content (AvgIpc) is 3.88. The van der Waals surface area contributed by atoms with E-state index < -0.39 is 0 Å². The SMILES string of the molecule is Cc1cc(C)cc(N(c2cc(C(C)C)c3ccc4c(N(c5cc(C)cc(C)c5)c5c(C)ccc6c5oc5ccccc56)cc(C(C)C)c5ccc2c3c54)c2c(C)ccc3c2oc2ccccc23)c1. The first-order valence-corrected chi connectivity index (χ1v) is 24.2. The highest BCUT2D eigenvalue weighted by Gasteiger charge is 2.30. The predicted molar refractivity (Wildman–Crippen MR) is 291 cm³/mol. The first kappa shape index (κ1) is 41.8. The molecule has 334 valence electrons. The number of hydrogen-bond acceptors (Lipinski definition) is 4. The van der Waals surface area contributed by atoms with Crippen LogP contribution in [-0.2, 0) is 0 Å². The normalized spacial score (nSPS) is 12.2. The van der Waals surface area contributed by atoms with Gasteiger partial charge in [-0.15, -0.1) is 0 Å². The van der Waals surface area contributed by atoms with Crippen molar-refractivity contribution in [2.45, 2.75) is 81.1 Å². The summed E-state index contributed by atoms with van der Waals surface area (Å²) in [5.74, 6) is 0.485. The first-order chi connectivity index (χ1) is 32.8. The fourth-order valence-corrected chi connectivity index (χ4v) is 11.6. The molecule has 12 aromatic rings. The smallest absolute Gasteiger partial charge is 0.159 e. The van der Waals surface area contributed by atoms with Gasteiger partial charge in [0.15, 0.2) is 11.2 Å². The van der Waals surface area contributed by atoms with Crippen LogP contribution in [0.2, 0.25) is 0 Å². The van der Waals surface area contributed by atoms with E-state index in [-0.39, 0.29) is 11.8 Å². The van der Waals surface area contributed by atoms with Crippen LogP contribution in [0.15, 0.2) is 154 Å². The van der Waals surface area contributed by atoms with E-state index in [1.54, 1.807) is 0 Å². The van der Waals surface area contributed by atoms with Crippen LogP contribution in [0.4, 0.5) is 34.1 Å². The number of benzene rings is 10. The molecule has 12 rings (SSSR count). The van der Waals surface area contributed by atoms with Gasteiger partial charge in [0, 0.05) is 43.7 Å². The van der Waals surface area contributed by atoms with E-state index in [0.29, 0.717) is 0 Å². The first-order valence-electron chi connectivity index (χ1n) is 24.2. The molecule has 0 amide bonds. The van der Waals surface area contributed by atoms with Crippen molar-refractivity contribution in [3.05, 3.63) is 190 Å². The molecule has 0 aliphatic heterocycles. The van der Waals surface area contributed by atoms with Gasteiger partial charge in [0.25, 0.3) is 0 Å². The Morgan fingerprint density at radius 2 is 0.706 bits per heavy atom. The molecule has 0 aliphatic rings. The third-order valence-electron chi connectivity index (χ3n) is 14.5. The Bertz CT molecular complexity index is 3710. The van der Waals surface area contributed by atoms with E-state index in [0.717, 1.165) is 89.1 Å². The molecule has 2 heterocycles. The predicted octanol–water partition coefficient (Wildman–Crippen LogP) is 19.4. The maximum Gasteiger partial charge on any atom is 0.159 e. The third kappa shape index (κ3) is 6.34. The zero-order valence-corrected chi connectivity index (χ0v) is 40.7. The summed E-state index contributed by atoms with van der Waals surface area (Å²) in [4.78, 5) is 5.02. The summed E-state index contributed by atoms with van der Waals surface area (Å²) in [6, 6.07) is 54.3. The van der Waals surface area contributed by atoms with Crippen molar-refractivity contribution in [1.82, 2.24) is 0 Å². The van der Waals surface area contributed by atoms with Gasteiger partial charge in [0.1, 0.15) is 11.2 Å². The fourth-order valence-electron chi connectivity index (χ4n) is 11.6. The molecule has 2 aromatic heterocycles. The topological polar surface area (TPSA) is 32.8 Å². The van der Waals surface area contributed by atoms with Crippen LogP contribution in [0.3, 0.4) is 0 Å². The lowest BCUT2D eigenvalue weighted by Gasteiger charge is -2.32. The summed E-state index contributed by atoms with van der Waals surface area (Å²) in [5.41, 5.74) is 20.0. The Balaban J connectivity index is 1.24. The highest BCUT2D eigenvalue weighted by atomic mass is 16.3. The summed E-state index contributed by atoms with van der Waals surface area (Å²) in [5, 5.41) is 12.0. The number of anilines is 6. The molecule has 10 aromatic carbocycles. The Morgan fingerprint density at radius 3 is 1.09 bits per heavy atom. The molecule has 0 atom stereocenters. The summed E-state index contributed by atoms with van der Waals surface area (Å²) >= 11 is 0. The van der Waals surface area contributed by atoms with Gasteiger partial charge in [-0.25, -0.2) is 0 Å². The molecule has 4 nitrogen and oxygen atoms in total.